The SMILES string of the molecule is COCCN1CCn2c(nc3cc(Nc4nnc(C)c5ccccc45)ccc32)C1.[Cl-]. The molecule has 0 radical (unpaired) electrons. The van der Waals surface area contributed by atoms with Crippen molar-refractivity contribution < 1.29 is 17.1 Å². The zero-order valence-electron chi connectivity index (χ0n) is 17.1. The molecule has 0 saturated carbocycles. The number of anilines is 2. The van der Waals surface area contributed by atoms with Crippen molar-refractivity contribution in [1.82, 2.24) is 24.6 Å². The predicted molar refractivity (Wildman–Crippen MR) is 114 cm³/mol. The Hall–Kier alpha value is -2.74. The number of halogens is 1. The number of ether oxygens (including phenoxy) is 1. The summed E-state index contributed by atoms with van der Waals surface area (Å²) < 4.78 is 7.54. The van der Waals surface area contributed by atoms with E-state index in [-0.39, 0.29) is 12.4 Å². The third-order valence-corrected chi connectivity index (χ3v) is 5.58. The van der Waals surface area contributed by atoms with Crippen molar-refractivity contribution in [1.29, 1.82) is 0 Å². The van der Waals surface area contributed by atoms with Crippen molar-refractivity contribution >= 4 is 33.3 Å². The second kappa shape index (κ2) is 8.55. The van der Waals surface area contributed by atoms with Gasteiger partial charge >= 0.3 is 0 Å². The predicted octanol–water partition coefficient (Wildman–Crippen LogP) is 0.498. The van der Waals surface area contributed by atoms with E-state index >= 15 is 0 Å². The first-order valence-corrected chi connectivity index (χ1v) is 9.92. The number of hydrogen-bond donors (Lipinski definition) is 1. The maximum atomic E-state index is 5.21. The fourth-order valence-electron chi connectivity index (χ4n) is 4.03. The molecule has 0 fully saturated rings. The Labute approximate surface area is 181 Å². The Morgan fingerprint density at radius 2 is 1.90 bits per heavy atom. The number of rotatable bonds is 5. The van der Waals surface area contributed by atoms with Gasteiger partial charge in [-0.3, -0.25) is 4.90 Å². The van der Waals surface area contributed by atoms with Crippen molar-refractivity contribution in [2.45, 2.75) is 20.0 Å². The van der Waals surface area contributed by atoms with E-state index in [0.717, 1.165) is 72.1 Å². The van der Waals surface area contributed by atoms with E-state index in [1.807, 2.05) is 19.1 Å². The lowest BCUT2D eigenvalue weighted by Crippen LogP contribution is -3.00. The smallest absolute Gasteiger partial charge is 0.160 e. The Balaban J connectivity index is 0.00000218. The van der Waals surface area contributed by atoms with E-state index in [2.05, 4.69) is 55.3 Å². The highest BCUT2D eigenvalue weighted by atomic mass is 35.5. The van der Waals surface area contributed by atoms with Crippen molar-refractivity contribution in [3.05, 3.63) is 54.0 Å². The van der Waals surface area contributed by atoms with Gasteiger partial charge in [-0.05, 0) is 25.1 Å². The van der Waals surface area contributed by atoms with E-state index in [0.29, 0.717) is 0 Å². The van der Waals surface area contributed by atoms with Gasteiger partial charge in [-0.1, -0.05) is 24.3 Å². The second-order valence-electron chi connectivity index (χ2n) is 7.46. The summed E-state index contributed by atoms with van der Waals surface area (Å²) in [5.74, 6) is 1.88. The quantitative estimate of drug-likeness (QED) is 0.504. The van der Waals surface area contributed by atoms with Crippen LogP contribution in [0.1, 0.15) is 11.5 Å². The lowest BCUT2D eigenvalue weighted by atomic mass is 10.1. The minimum atomic E-state index is 0. The summed E-state index contributed by atoms with van der Waals surface area (Å²) in [4.78, 5) is 7.28. The van der Waals surface area contributed by atoms with Crippen molar-refractivity contribution in [3.8, 4) is 0 Å². The topological polar surface area (TPSA) is 68.1 Å². The van der Waals surface area contributed by atoms with E-state index in [4.69, 9.17) is 9.72 Å². The highest BCUT2D eigenvalue weighted by Crippen LogP contribution is 2.28. The van der Waals surface area contributed by atoms with Crippen LogP contribution in [0.5, 0.6) is 0 Å². The molecule has 0 amide bonds. The Morgan fingerprint density at radius 3 is 2.73 bits per heavy atom. The maximum absolute atomic E-state index is 5.21. The summed E-state index contributed by atoms with van der Waals surface area (Å²) in [7, 11) is 1.75. The molecule has 156 valence electrons. The van der Waals surface area contributed by atoms with Gasteiger partial charge in [0.1, 0.15) is 5.82 Å². The molecule has 0 spiro atoms. The number of methoxy groups -OCH3 is 1. The van der Waals surface area contributed by atoms with Crippen LogP contribution in [0.15, 0.2) is 42.5 Å². The summed E-state index contributed by atoms with van der Waals surface area (Å²) in [6.07, 6.45) is 0. The molecule has 30 heavy (non-hydrogen) atoms. The molecule has 1 aliphatic heterocycles. The van der Waals surface area contributed by atoms with Gasteiger partial charge in [-0.25, -0.2) is 4.98 Å². The van der Waals surface area contributed by atoms with E-state index in [1.54, 1.807) is 7.11 Å². The molecule has 3 heterocycles. The second-order valence-corrected chi connectivity index (χ2v) is 7.46. The zero-order valence-corrected chi connectivity index (χ0v) is 17.9. The number of fused-ring (bicyclic) bond motifs is 4. The van der Waals surface area contributed by atoms with Gasteiger partial charge in [0.15, 0.2) is 5.82 Å². The number of benzene rings is 2. The molecule has 5 rings (SSSR count). The summed E-state index contributed by atoms with van der Waals surface area (Å²) in [5.41, 5.74) is 4.08. The van der Waals surface area contributed by atoms with Crippen LogP contribution in [-0.2, 0) is 17.8 Å². The monoisotopic (exact) mass is 423 g/mol. The van der Waals surface area contributed by atoms with E-state index < -0.39 is 0 Å². The van der Waals surface area contributed by atoms with Crippen LogP contribution in [0.3, 0.4) is 0 Å². The van der Waals surface area contributed by atoms with Gasteiger partial charge in [-0.15, -0.1) is 5.10 Å². The lowest BCUT2D eigenvalue weighted by Gasteiger charge is -2.27. The zero-order chi connectivity index (χ0) is 19.8. The fraction of sp³-hybridized carbons (Fsp3) is 0.318. The molecule has 1 N–H and O–H groups in total. The van der Waals surface area contributed by atoms with Gasteiger partial charge in [0.25, 0.3) is 0 Å². The van der Waals surface area contributed by atoms with Crippen molar-refractivity contribution in [2.24, 2.45) is 0 Å². The molecular formula is C22H24ClN6O-. The Morgan fingerprint density at radius 1 is 1.07 bits per heavy atom. The number of imidazole rings is 1. The minimum absolute atomic E-state index is 0. The fourth-order valence-corrected chi connectivity index (χ4v) is 4.03. The number of aromatic nitrogens is 4. The molecule has 4 aromatic rings. The summed E-state index contributed by atoms with van der Waals surface area (Å²) in [6.45, 7) is 6.50. The third kappa shape index (κ3) is 3.71. The van der Waals surface area contributed by atoms with Crippen LogP contribution in [0.2, 0.25) is 0 Å². The Bertz CT molecular complexity index is 1190. The maximum Gasteiger partial charge on any atom is 0.160 e. The molecule has 2 aromatic carbocycles. The van der Waals surface area contributed by atoms with Gasteiger partial charge in [-0.2, -0.15) is 5.10 Å². The number of nitrogens with one attached hydrogen (secondary N) is 1. The summed E-state index contributed by atoms with van der Waals surface area (Å²) >= 11 is 0. The minimum Gasteiger partial charge on any atom is -1.00 e. The van der Waals surface area contributed by atoms with Crippen molar-refractivity contribution in [2.75, 3.05) is 32.1 Å². The van der Waals surface area contributed by atoms with Gasteiger partial charge < -0.3 is 27.0 Å². The molecular weight excluding hydrogens is 400 g/mol. The molecule has 0 saturated heterocycles. The highest BCUT2D eigenvalue weighted by Gasteiger charge is 2.20. The molecule has 0 unspecified atom stereocenters. The van der Waals surface area contributed by atoms with Crippen LogP contribution < -0.4 is 17.7 Å². The van der Waals surface area contributed by atoms with Crippen LogP contribution in [0.25, 0.3) is 21.8 Å². The molecule has 8 heteroatoms. The first kappa shape index (κ1) is 20.5. The standard InChI is InChI=1S/C22H24N6O.ClH/c1-15-17-5-3-4-6-18(17)22(26-25-15)23-16-7-8-20-19(13-16)24-21-14-27(11-12-29-2)9-10-28(20)21;/h3-8,13H,9-12,14H2,1-2H3,(H,23,26);1H/p-1. The van der Waals surface area contributed by atoms with E-state index in [9.17, 15) is 0 Å². The third-order valence-electron chi connectivity index (χ3n) is 5.58. The molecule has 0 atom stereocenters. The summed E-state index contributed by atoms with van der Waals surface area (Å²) in [6, 6.07) is 14.5. The summed E-state index contributed by atoms with van der Waals surface area (Å²) in [5, 5.41) is 14.3. The molecule has 0 aliphatic carbocycles. The van der Waals surface area contributed by atoms with Crippen LogP contribution >= 0.6 is 0 Å². The molecule has 7 nitrogen and oxygen atoms in total. The molecule has 2 aromatic heterocycles. The van der Waals surface area contributed by atoms with Crippen LogP contribution in [0, 0.1) is 6.92 Å². The Kier molecular flexibility index (Phi) is 5.85. The van der Waals surface area contributed by atoms with Crippen LogP contribution in [0.4, 0.5) is 11.5 Å². The average Bonchev–Trinajstić information content (AvgIpc) is 3.11. The van der Waals surface area contributed by atoms with Crippen LogP contribution in [-0.4, -0.2) is 51.5 Å². The average molecular weight is 424 g/mol. The van der Waals surface area contributed by atoms with Gasteiger partial charge in [0.2, 0.25) is 0 Å². The lowest BCUT2D eigenvalue weighted by molar-refractivity contribution is -0.00000654. The first-order valence-electron chi connectivity index (χ1n) is 9.92. The van der Waals surface area contributed by atoms with E-state index in [1.165, 1.54) is 5.52 Å². The number of nitrogens with zero attached hydrogens (tertiary/aromatic N) is 5. The molecule has 0 bridgehead atoms. The number of hydrogen-bond acceptors (Lipinski definition) is 6. The van der Waals surface area contributed by atoms with Gasteiger partial charge in [0, 0.05) is 43.2 Å². The first-order chi connectivity index (χ1) is 14.2. The number of aryl methyl sites for hydroxylation is 1. The largest absolute Gasteiger partial charge is 1.00 e. The molecule has 1 aliphatic rings. The van der Waals surface area contributed by atoms with Gasteiger partial charge in [0.05, 0.1) is 29.9 Å². The normalized spacial score (nSPS) is 13.9. The van der Waals surface area contributed by atoms with Crippen molar-refractivity contribution in [3.63, 3.8) is 0 Å². The highest BCUT2D eigenvalue weighted by molar-refractivity contribution is 5.94.